The van der Waals surface area contributed by atoms with Crippen LogP contribution in [0.3, 0.4) is 0 Å². The van der Waals surface area contributed by atoms with E-state index < -0.39 is 0 Å². The lowest BCUT2D eigenvalue weighted by Gasteiger charge is -2.09. The molecule has 0 aliphatic heterocycles. The van der Waals surface area contributed by atoms with Crippen molar-refractivity contribution in [2.45, 2.75) is 32.8 Å². The molecule has 0 saturated carbocycles. The summed E-state index contributed by atoms with van der Waals surface area (Å²) in [4.78, 5) is 16.2. The topological polar surface area (TPSA) is 39.2 Å². The van der Waals surface area contributed by atoms with Crippen LogP contribution in [0.1, 0.15) is 28.7 Å². The molecular formula is C23H23NO2. The highest BCUT2D eigenvalue weighted by atomic mass is 16.5. The second-order valence-electron chi connectivity index (χ2n) is 6.44. The maximum atomic E-state index is 12.2. The zero-order valence-corrected chi connectivity index (χ0v) is 15.0. The first-order valence-corrected chi connectivity index (χ1v) is 8.87. The maximum Gasteiger partial charge on any atom is 0.137 e. The largest absolute Gasteiger partial charge is 0.489 e. The van der Waals surface area contributed by atoms with Gasteiger partial charge in [-0.05, 0) is 53.8 Å². The van der Waals surface area contributed by atoms with E-state index in [1.54, 1.807) is 6.20 Å². The molecular weight excluding hydrogens is 322 g/mol. The van der Waals surface area contributed by atoms with Gasteiger partial charge >= 0.3 is 0 Å². The molecule has 132 valence electrons. The molecule has 0 aliphatic carbocycles. The van der Waals surface area contributed by atoms with Crippen molar-refractivity contribution in [1.29, 1.82) is 0 Å². The molecule has 0 radical (unpaired) electrons. The van der Waals surface area contributed by atoms with Crippen molar-refractivity contribution >= 4 is 5.78 Å². The van der Waals surface area contributed by atoms with Gasteiger partial charge in [0.05, 0.1) is 0 Å². The third-order valence-electron chi connectivity index (χ3n) is 4.40. The number of ketones is 1. The molecule has 0 unspecified atom stereocenters. The summed E-state index contributed by atoms with van der Waals surface area (Å²) in [5, 5.41) is 0. The highest BCUT2D eigenvalue weighted by molar-refractivity contribution is 5.81. The fraction of sp³-hybridized carbons (Fsp3) is 0.217. The molecule has 0 bridgehead atoms. The summed E-state index contributed by atoms with van der Waals surface area (Å²) < 4.78 is 5.85. The molecule has 0 amide bonds. The number of nitrogens with zero attached hydrogens (tertiary/aromatic N) is 1. The number of carbonyl (C=O) groups excluding carboxylic acids is 1. The molecule has 0 fully saturated rings. The van der Waals surface area contributed by atoms with Gasteiger partial charge < -0.3 is 4.74 Å². The highest BCUT2D eigenvalue weighted by Gasteiger charge is 2.06. The van der Waals surface area contributed by atoms with Gasteiger partial charge in [0.1, 0.15) is 18.1 Å². The minimum Gasteiger partial charge on any atom is -0.489 e. The molecule has 0 aliphatic rings. The molecule has 0 atom stereocenters. The number of pyridine rings is 1. The lowest BCUT2D eigenvalue weighted by Crippen LogP contribution is -2.04. The van der Waals surface area contributed by atoms with Crippen LogP contribution in [0.2, 0.25) is 0 Å². The molecule has 26 heavy (non-hydrogen) atoms. The summed E-state index contributed by atoms with van der Waals surface area (Å²) >= 11 is 0. The van der Waals surface area contributed by atoms with Crippen LogP contribution in [0.4, 0.5) is 0 Å². The standard InChI is InChI=1S/C23H23NO2/c1-18-5-2-3-7-21(18)17-26-23-12-9-19(10-13-23)15-22(25)11-8-20-6-4-14-24-16-20/h2-7,9-10,12-14,16H,8,11,15,17H2,1H3. The SMILES string of the molecule is Cc1ccccc1COc1ccc(CC(=O)CCc2cccnc2)cc1. The maximum absolute atomic E-state index is 12.2. The monoisotopic (exact) mass is 345 g/mol. The summed E-state index contributed by atoms with van der Waals surface area (Å²) in [6.45, 7) is 2.63. The molecule has 1 aromatic heterocycles. The number of Topliss-reactive ketones (excluding diaryl/α,β-unsaturated/α-hetero) is 1. The number of aryl methyl sites for hydroxylation is 2. The molecule has 0 spiro atoms. The number of hydrogen-bond donors (Lipinski definition) is 0. The van der Waals surface area contributed by atoms with Gasteiger partial charge in [-0.25, -0.2) is 0 Å². The highest BCUT2D eigenvalue weighted by Crippen LogP contribution is 2.16. The van der Waals surface area contributed by atoms with E-state index in [4.69, 9.17) is 4.74 Å². The lowest BCUT2D eigenvalue weighted by atomic mass is 10.0. The normalized spacial score (nSPS) is 10.5. The van der Waals surface area contributed by atoms with Crippen LogP contribution in [-0.2, 0) is 24.2 Å². The van der Waals surface area contributed by atoms with Crippen molar-refractivity contribution in [3.8, 4) is 5.75 Å². The van der Waals surface area contributed by atoms with Crippen LogP contribution in [-0.4, -0.2) is 10.8 Å². The first-order chi connectivity index (χ1) is 12.7. The van der Waals surface area contributed by atoms with Gasteiger partial charge in [0.15, 0.2) is 0 Å². The zero-order chi connectivity index (χ0) is 18.2. The van der Waals surface area contributed by atoms with Gasteiger partial charge in [0.25, 0.3) is 0 Å². The Morgan fingerprint density at radius 1 is 0.962 bits per heavy atom. The zero-order valence-electron chi connectivity index (χ0n) is 15.0. The molecule has 0 N–H and O–H groups in total. The molecule has 3 aromatic rings. The van der Waals surface area contributed by atoms with Crippen molar-refractivity contribution in [1.82, 2.24) is 4.98 Å². The third kappa shape index (κ3) is 5.28. The minimum absolute atomic E-state index is 0.238. The molecule has 1 heterocycles. The van der Waals surface area contributed by atoms with Gasteiger partial charge in [-0.15, -0.1) is 0 Å². The van der Waals surface area contributed by atoms with Crippen molar-refractivity contribution in [2.75, 3.05) is 0 Å². The summed E-state index contributed by atoms with van der Waals surface area (Å²) in [7, 11) is 0. The van der Waals surface area contributed by atoms with Gasteiger partial charge in [0.2, 0.25) is 0 Å². The van der Waals surface area contributed by atoms with Gasteiger partial charge in [-0.3, -0.25) is 9.78 Å². The Morgan fingerprint density at radius 3 is 2.50 bits per heavy atom. The van der Waals surface area contributed by atoms with Crippen LogP contribution in [0, 0.1) is 6.92 Å². The van der Waals surface area contributed by atoms with E-state index in [9.17, 15) is 4.79 Å². The second kappa shape index (κ2) is 8.95. The van der Waals surface area contributed by atoms with E-state index in [1.165, 1.54) is 11.1 Å². The lowest BCUT2D eigenvalue weighted by molar-refractivity contribution is -0.118. The Balaban J connectivity index is 1.48. The first-order valence-electron chi connectivity index (χ1n) is 8.87. The fourth-order valence-electron chi connectivity index (χ4n) is 2.78. The average Bonchev–Trinajstić information content (AvgIpc) is 2.68. The number of ether oxygens (including phenoxy) is 1. The number of aromatic nitrogens is 1. The summed E-state index contributed by atoms with van der Waals surface area (Å²) in [6.07, 6.45) is 5.29. The minimum atomic E-state index is 0.238. The fourth-order valence-corrected chi connectivity index (χ4v) is 2.78. The van der Waals surface area contributed by atoms with Crippen molar-refractivity contribution in [3.05, 3.63) is 95.3 Å². The quantitative estimate of drug-likeness (QED) is 0.593. The number of hydrogen-bond acceptors (Lipinski definition) is 3. The average molecular weight is 345 g/mol. The van der Waals surface area contributed by atoms with Crippen LogP contribution < -0.4 is 4.74 Å². The van der Waals surface area contributed by atoms with E-state index in [-0.39, 0.29) is 5.78 Å². The van der Waals surface area contributed by atoms with E-state index in [0.29, 0.717) is 19.4 Å². The Bertz CT molecular complexity index is 842. The van der Waals surface area contributed by atoms with Gasteiger partial charge in [0, 0.05) is 25.2 Å². The van der Waals surface area contributed by atoms with E-state index >= 15 is 0 Å². The van der Waals surface area contributed by atoms with Crippen molar-refractivity contribution < 1.29 is 9.53 Å². The van der Waals surface area contributed by atoms with E-state index in [2.05, 4.69) is 24.0 Å². The van der Waals surface area contributed by atoms with Crippen molar-refractivity contribution in [2.24, 2.45) is 0 Å². The molecule has 0 saturated heterocycles. The van der Waals surface area contributed by atoms with Crippen LogP contribution in [0.15, 0.2) is 73.1 Å². The molecule has 2 aromatic carbocycles. The Kier molecular flexibility index (Phi) is 6.15. The summed E-state index contributed by atoms with van der Waals surface area (Å²) in [6, 6.07) is 19.9. The number of benzene rings is 2. The molecule has 3 nitrogen and oxygen atoms in total. The third-order valence-corrected chi connectivity index (χ3v) is 4.40. The smallest absolute Gasteiger partial charge is 0.137 e. The van der Waals surface area contributed by atoms with Crippen LogP contribution in [0.5, 0.6) is 5.75 Å². The predicted octanol–water partition coefficient (Wildman–Crippen LogP) is 4.71. The summed E-state index contributed by atoms with van der Waals surface area (Å²) in [5.41, 5.74) is 4.52. The van der Waals surface area contributed by atoms with Crippen LogP contribution >= 0.6 is 0 Å². The molecule has 3 rings (SSSR count). The van der Waals surface area contributed by atoms with E-state index in [1.807, 2.05) is 54.7 Å². The van der Waals surface area contributed by atoms with E-state index in [0.717, 1.165) is 23.3 Å². The van der Waals surface area contributed by atoms with Gasteiger partial charge in [-0.1, -0.05) is 42.5 Å². The number of rotatable bonds is 8. The predicted molar refractivity (Wildman–Crippen MR) is 103 cm³/mol. The Hall–Kier alpha value is -2.94. The van der Waals surface area contributed by atoms with Gasteiger partial charge in [-0.2, -0.15) is 0 Å². The first kappa shape index (κ1) is 17.9. The Morgan fingerprint density at radius 2 is 1.77 bits per heavy atom. The molecule has 3 heteroatoms. The van der Waals surface area contributed by atoms with Crippen LogP contribution in [0.25, 0.3) is 0 Å². The second-order valence-corrected chi connectivity index (χ2v) is 6.44. The summed E-state index contributed by atoms with van der Waals surface area (Å²) in [5.74, 6) is 1.06. The Labute approximate surface area is 154 Å². The van der Waals surface area contributed by atoms with Crippen molar-refractivity contribution in [3.63, 3.8) is 0 Å². The number of carbonyl (C=O) groups is 1.